The lowest BCUT2D eigenvalue weighted by atomic mass is 9.94. The molecular formula is C8H11NO2. The quantitative estimate of drug-likeness (QED) is 0.443. The van der Waals surface area contributed by atoms with Gasteiger partial charge >= 0.3 is 5.97 Å². The first-order valence-electron chi connectivity index (χ1n) is 3.90. The Balaban J connectivity index is 2.08. The van der Waals surface area contributed by atoms with Crippen LogP contribution in [-0.4, -0.2) is 5.97 Å². The minimum absolute atomic E-state index is 0.0370. The fourth-order valence-corrected chi connectivity index (χ4v) is 2.14. The molecule has 0 aliphatic heterocycles. The van der Waals surface area contributed by atoms with Gasteiger partial charge in [-0.1, -0.05) is 12.2 Å². The van der Waals surface area contributed by atoms with Gasteiger partial charge in [0.15, 0.2) is 0 Å². The molecule has 0 aromatic carbocycles. The molecule has 1 fully saturated rings. The average molecular weight is 153 g/mol. The van der Waals surface area contributed by atoms with Gasteiger partial charge in [-0.05, 0) is 24.7 Å². The third-order valence-corrected chi connectivity index (χ3v) is 2.70. The van der Waals surface area contributed by atoms with Crippen LogP contribution in [0, 0.1) is 17.8 Å². The Morgan fingerprint density at radius 1 is 1.45 bits per heavy atom. The van der Waals surface area contributed by atoms with Crippen molar-refractivity contribution >= 4 is 5.97 Å². The molecule has 0 saturated heterocycles. The Labute approximate surface area is 65.2 Å². The summed E-state index contributed by atoms with van der Waals surface area (Å²) in [6, 6.07) is 0. The summed E-state index contributed by atoms with van der Waals surface area (Å²) in [4.78, 5) is 15.2. The van der Waals surface area contributed by atoms with Crippen molar-refractivity contribution < 1.29 is 9.63 Å². The highest BCUT2D eigenvalue weighted by Crippen LogP contribution is 2.43. The molecule has 3 nitrogen and oxygen atoms in total. The molecule has 0 heterocycles. The Morgan fingerprint density at radius 2 is 2.27 bits per heavy atom. The van der Waals surface area contributed by atoms with Crippen molar-refractivity contribution in [3.63, 3.8) is 0 Å². The molecular weight excluding hydrogens is 142 g/mol. The van der Waals surface area contributed by atoms with E-state index >= 15 is 0 Å². The van der Waals surface area contributed by atoms with Gasteiger partial charge < -0.3 is 4.84 Å². The van der Waals surface area contributed by atoms with E-state index in [9.17, 15) is 4.79 Å². The van der Waals surface area contributed by atoms with E-state index in [4.69, 9.17) is 5.90 Å². The SMILES string of the molecule is NOC(=O)[C@H]1C[C@@H]2C=C[C@H]1C2. The normalized spacial score (nSPS) is 39.5. The molecule has 0 spiro atoms. The lowest BCUT2D eigenvalue weighted by molar-refractivity contribution is -0.150. The van der Waals surface area contributed by atoms with Gasteiger partial charge in [0.2, 0.25) is 0 Å². The van der Waals surface area contributed by atoms with Crippen molar-refractivity contribution in [3.8, 4) is 0 Å². The predicted molar refractivity (Wildman–Crippen MR) is 39.1 cm³/mol. The first kappa shape index (κ1) is 6.85. The molecule has 2 aliphatic carbocycles. The highest BCUT2D eigenvalue weighted by molar-refractivity contribution is 5.73. The van der Waals surface area contributed by atoms with Crippen LogP contribution >= 0.6 is 0 Å². The van der Waals surface area contributed by atoms with Crippen LogP contribution in [0.4, 0.5) is 0 Å². The smallest absolute Gasteiger partial charge is 0.328 e. The summed E-state index contributed by atoms with van der Waals surface area (Å²) in [6.07, 6.45) is 6.33. The number of hydrogen-bond acceptors (Lipinski definition) is 3. The van der Waals surface area contributed by atoms with E-state index in [0.717, 1.165) is 12.8 Å². The molecule has 0 unspecified atom stereocenters. The van der Waals surface area contributed by atoms with Crippen LogP contribution in [-0.2, 0) is 9.63 Å². The average Bonchev–Trinajstić information content (AvgIpc) is 2.62. The van der Waals surface area contributed by atoms with Gasteiger partial charge in [-0.2, -0.15) is 5.90 Å². The second-order valence-corrected chi connectivity index (χ2v) is 3.32. The molecule has 1 saturated carbocycles. The Hall–Kier alpha value is -0.830. The monoisotopic (exact) mass is 153 g/mol. The van der Waals surface area contributed by atoms with Gasteiger partial charge in [-0.25, -0.2) is 0 Å². The first-order chi connectivity index (χ1) is 5.31. The topological polar surface area (TPSA) is 52.3 Å². The van der Waals surface area contributed by atoms with Crippen molar-refractivity contribution in [1.29, 1.82) is 0 Å². The zero-order chi connectivity index (χ0) is 7.84. The summed E-state index contributed by atoms with van der Waals surface area (Å²) in [7, 11) is 0. The van der Waals surface area contributed by atoms with Crippen molar-refractivity contribution in [1.82, 2.24) is 0 Å². The number of nitrogens with two attached hydrogens (primary N) is 1. The number of fused-ring (bicyclic) bond motifs is 2. The summed E-state index contributed by atoms with van der Waals surface area (Å²) in [6.45, 7) is 0. The molecule has 60 valence electrons. The Kier molecular flexibility index (Phi) is 1.46. The van der Waals surface area contributed by atoms with Gasteiger partial charge in [-0.3, -0.25) is 4.79 Å². The molecule has 2 rings (SSSR count). The second-order valence-electron chi connectivity index (χ2n) is 3.32. The standard InChI is InChI=1S/C8H11NO2/c9-11-8(10)7-4-5-1-2-6(7)3-5/h1-2,5-7H,3-4,9H2/t5-,6+,7+/m1/s1. The maximum Gasteiger partial charge on any atom is 0.328 e. The molecule has 2 aliphatic rings. The Bertz CT molecular complexity index is 212. The lowest BCUT2D eigenvalue weighted by Gasteiger charge is -2.13. The Morgan fingerprint density at radius 3 is 2.73 bits per heavy atom. The van der Waals surface area contributed by atoms with Crippen LogP contribution in [0.1, 0.15) is 12.8 Å². The molecule has 0 aromatic rings. The van der Waals surface area contributed by atoms with E-state index in [0.29, 0.717) is 11.8 Å². The number of hydrogen-bond donors (Lipinski definition) is 1. The van der Waals surface area contributed by atoms with Gasteiger partial charge in [-0.15, -0.1) is 0 Å². The van der Waals surface area contributed by atoms with Crippen LogP contribution in [0.25, 0.3) is 0 Å². The van der Waals surface area contributed by atoms with Gasteiger partial charge in [0.25, 0.3) is 0 Å². The van der Waals surface area contributed by atoms with E-state index in [1.165, 1.54) is 0 Å². The van der Waals surface area contributed by atoms with Crippen LogP contribution in [0.3, 0.4) is 0 Å². The van der Waals surface area contributed by atoms with Crippen molar-refractivity contribution in [3.05, 3.63) is 12.2 Å². The molecule has 2 N–H and O–H groups in total. The molecule has 3 atom stereocenters. The van der Waals surface area contributed by atoms with E-state index < -0.39 is 0 Å². The molecule has 11 heavy (non-hydrogen) atoms. The minimum atomic E-state index is -0.248. The molecule has 0 radical (unpaired) electrons. The molecule has 3 heteroatoms. The van der Waals surface area contributed by atoms with E-state index in [1.807, 2.05) is 0 Å². The number of rotatable bonds is 1. The summed E-state index contributed by atoms with van der Waals surface area (Å²) in [5, 5.41) is 0. The summed E-state index contributed by atoms with van der Waals surface area (Å²) >= 11 is 0. The van der Waals surface area contributed by atoms with E-state index in [-0.39, 0.29) is 11.9 Å². The van der Waals surface area contributed by atoms with Crippen LogP contribution in [0.15, 0.2) is 12.2 Å². The maximum atomic E-state index is 11.0. The summed E-state index contributed by atoms with van der Waals surface area (Å²) in [5.74, 6) is 5.60. The van der Waals surface area contributed by atoms with Crippen molar-refractivity contribution in [2.45, 2.75) is 12.8 Å². The van der Waals surface area contributed by atoms with Crippen molar-refractivity contribution in [2.24, 2.45) is 23.7 Å². The fourth-order valence-electron chi connectivity index (χ4n) is 2.14. The first-order valence-corrected chi connectivity index (χ1v) is 3.90. The zero-order valence-electron chi connectivity index (χ0n) is 6.19. The zero-order valence-corrected chi connectivity index (χ0v) is 6.19. The van der Waals surface area contributed by atoms with E-state index in [2.05, 4.69) is 17.0 Å². The summed E-state index contributed by atoms with van der Waals surface area (Å²) in [5.41, 5.74) is 0. The molecule has 0 aromatic heterocycles. The fraction of sp³-hybridized carbons (Fsp3) is 0.625. The minimum Gasteiger partial charge on any atom is -0.373 e. The third-order valence-electron chi connectivity index (χ3n) is 2.70. The number of carbonyl (C=O) groups is 1. The molecule has 2 bridgehead atoms. The van der Waals surface area contributed by atoms with Crippen molar-refractivity contribution in [2.75, 3.05) is 0 Å². The second kappa shape index (κ2) is 2.34. The third kappa shape index (κ3) is 0.959. The number of allylic oxidation sites excluding steroid dienone is 2. The van der Waals surface area contributed by atoms with Gasteiger partial charge in [0.1, 0.15) is 0 Å². The van der Waals surface area contributed by atoms with Crippen LogP contribution in [0.2, 0.25) is 0 Å². The highest BCUT2D eigenvalue weighted by atomic mass is 16.7. The highest BCUT2D eigenvalue weighted by Gasteiger charge is 2.40. The number of carbonyl (C=O) groups excluding carboxylic acids is 1. The largest absolute Gasteiger partial charge is 0.373 e. The molecule has 0 amide bonds. The van der Waals surface area contributed by atoms with Gasteiger partial charge in [0.05, 0.1) is 5.92 Å². The predicted octanol–water partition coefficient (Wildman–Crippen LogP) is 0.615. The van der Waals surface area contributed by atoms with Gasteiger partial charge in [0, 0.05) is 0 Å². The van der Waals surface area contributed by atoms with Crippen LogP contribution in [0.5, 0.6) is 0 Å². The maximum absolute atomic E-state index is 11.0. The van der Waals surface area contributed by atoms with Crippen LogP contribution < -0.4 is 5.90 Å². The summed E-state index contributed by atoms with van der Waals surface area (Å²) < 4.78 is 0. The lowest BCUT2D eigenvalue weighted by Crippen LogP contribution is -2.23. The van der Waals surface area contributed by atoms with E-state index in [1.54, 1.807) is 0 Å².